The lowest BCUT2D eigenvalue weighted by molar-refractivity contribution is -0.144. The first-order valence-corrected chi connectivity index (χ1v) is 17.2. The molecular formula is C35H47N5O10. The Kier molecular flexibility index (Phi) is 11.1. The number of likely N-dealkylation sites (tertiary alicyclic amines) is 1. The van der Waals surface area contributed by atoms with Crippen LogP contribution >= 0.6 is 0 Å². The van der Waals surface area contributed by atoms with Crippen molar-refractivity contribution in [1.82, 2.24) is 20.9 Å². The standard InChI is InChI=1S/C35H47N5O10/c1-6-7-24(27(41)30(43)36-22-12-13-22)37-29(42)26-17-35(16-25(39-50-35)20-8-10-21(11-9-20)32(45)47-5)19-40(26)31(44)28(34(2,3)4)38-33(46)49-23-14-15-48-18-23/h8-11,22-24,26,28H,6-7,12-19H2,1-5H3,(H,36,43)(H,37,42)(H,38,46)/t23-,24-,26-,28+,35+/m0/s1. The summed E-state index contributed by atoms with van der Waals surface area (Å²) in [6.45, 7) is 7.88. The molecule has 3 fully saturated rings. The largest absolute Gasteiger partial charge is 0.465 e. The molecule has 0 unspecified atom stereocenters. The Hall–Kier alpha value is -4.53. The molecule has 0 bridgehead atoms. The van der Waals surface area contributed by atoms with Crippen LogP contribution in [0.3, 0.4) is 0 Å². The summed E-state index contributed by atoms with van der Waals surface area (Å²) in [6.07, 6.45) is 1.93. The van der Waals surface area contributed by atoms with Crippen molar-refractivity contribution in [2.45, 2.75) is 109 Å². The molecule has 3 aliphatic heterocycles. The average molecular weight is 698 g/mol. The maximum atomic E-state index is 14.5. The van der Waals surface area contributed by atoms with Gasteiger partial charge >= 0.3 is 12.1 Å². The molecule has 15 nitrogen and oxygen atoms in total. The number of carbonyl (C=O) groups is 6. The van der Waals surface area contributed by atoms with E-state index in [1.165, 1.54) is 12.0 Å². The van der Waals surface area contributed by atoms with Crippen LogP contribution in [0.4, 0.5) is 4.79 Å². The van der Waals surface area contributed by atoms with E-state index in [2.05, 4.69) is 21.1 Å². The highest BCUT2D eigenvalue weighted by molar-refractivity contribution is 6.38. The summed E-state index contributed by atoms with van der Waals surface area (Å²) in [5.74, 6) is -3.15. The molecule has 4 aliphatic rings. The molecular weight excluding hydrogens is 650 g/mol. The van der Waals surface area contributed by atoms with Gasteiger partial charge in [0.2, 0.25) is 17.6 Å². The van der Waals surface area contributed by atoms with Crippen LogP contribution in [-0.4, -0.2) is 109 Å². The van der Waals surface area contributed by atoms with Gasteiger partial charge in [-0.15, -0.1) is 0 Å². The van der Waals surface area contributed by atoms with Crippen molar-refractivity contribution >= 4 is 41.3 Å². The molecule has 3 N–H and O–H groups in total. The molecule has 1 aromatic rings. The second-order valence-corrected chi connectivity index (χ2v) is 14.5. The Labute approximate surface area is 291 Å². The van der Waals surface area contributed by atoms with Crippen LogP contribution in [0, 0.1) is 5.41 Å². The molecule has 0 aromatic heterocycles. The van der Waals surface area contributed by atoms with Crippen LogP contribution in [0.1, 0.15) is 88.6 Å². The average Bonchev–Trinajstić information content (AvgIpc) is 3.43. The lowest BCUT2D eigenvalue weighted by atomic mass is 9.85. The lowest BCUT2D eigenvalue weighted by Gasteiger charge is -2.35. The fraction of sp³-hybridized carbons (Fsp3) is 0.629. The van der Waals surface area contributed by atoms with Crippen LogP contribution in [0.25, 0.3) is 0 Å². The van der Waals surface area contributed by atoms with Crippen LogP contribution < -0.4 is 16.0 Å². The molecule has 1 aliphatic carbocycles. The van der Waals surface area contributed by atoms with E-state index in [1.807, 2.05) is 6.92 Å². The number of carbonyl (C=O) groups excluding carboxylic acids is 6. The predicted molar refractivity (Wildman–Crippen MR) is 178 cm³/mol. The number of alkyl carbamates (subject to hydrolysis) is 1. The van der Waals surface area contributed by atoms with Crippen LogP contribution in [0.2, 0.25) is 0 Å². The zero-order valence-electron chi connectivity index (χ0n) is 29.2. The van der Waals surface area contributed by atoms with E-state index < -0.39 is 70.8 Å². The zero-order valence-corrected chi connectivity index (χ0v) is 29.2. The minimum absolute atomic E-state index is 0.0276. The third kappa shape index (κ3) is 8.60. The Morgan fingerprint density at radius 3 is 2.38 bits per heavy atom. The van der Waals surface area contributed by atoms with Crippen molar-refractivity contribution in [3.8, 4) is 0 Å². The quantitative estimate of drug-likeness (QED) is 0.215. The van der Waals surface area contributed by atoms with E-state index >= 15 is 0 Å². The molecule has 5 atom stereocenters. The number of Topliss-reactive ketones (excluding diaryl/α,β-unsaturated/α-hetero) is 1. The number of methoxy groups -OCH3 is 1. The first-order chi connectivity index (χ1) is 23.7. The molecule has 15 heteroatoms. The molecule has 4 amide bonds. The minimum atomic E-state index is -1.12. The third-order valence-electron chi connectivity index (χ3n) is 9.35. The molecule has 272 valence electrons. The van der Waals surface area contributed by atoms with Gasteiger partial charge in [0.15, 0.2) is 5.60 Å². The van der Waals surface area contributed by atoms with Gasteiger partial charge in [0, 0.05) is 25.3 Å². The maximum Gasteiger partial charge on any atom is 0.408 e. The van der Waals surface area contributed by atoms with Gasteiger partial charge in [-0.25, -0.2) is 9.59 Å². The second kappa shape index (κ2) is 15.2. The lowest BCUT2D eigenvalue weighted by Crippen LogP contribution is -2.59. The number of benzene rings is 1. The van der Waals surface area contributed by atoms with Gasteiger partial charge in [-0.1, -0.05) is 51.4 Å². The fourth-order valence-corrected chi connectivity index (χ4v) is 6.39. The highest BCUT2D eigenvalue weighted by Gasteiger charge is 2.56. The van der Waals surface area contributed by atoms with Crippen LogP contribution in [0.15, 0.2) is 29.4 Å². The van der Waals surface area contributed by atoms with Gasteiger partial charge in [-0.2, -0.15) is 0 Å². The number of rotatable bonds is 12. The zero-order chi connectivity index (χ0) is 36.2. The topological polar surface area (TPSA) is 191 Å². The molecule has 0 radical (unpaired) electrons. The van der Waals surface area contributed by atoms with Crippen molar-refractivity contribution < 1.29 is 47.8 Å². The van der Waals surface area contributed by atoms with Gasteiger partial charge in [-0.05, 0) is 42.4 Å². The molecule has 50 heavy (non-hydrogen) atoms. The van der Waals surface area contributed by atoms with E-state index in [1.54, 1.807) is 45.0 Å². The number of ether oxygens (including phenoxy) is 3. The molecule has 1 spiro atoms. The molecule has 3 heterocycles. The van der Waals surface area contributed by atoms with Crippen LogP contribution in [0.5, 0.6) is 0 Å². The summed E-state index contributed by atoms with van der Waals surface area (Å²) in [4.78, 5) is 86.7. The molecule has 5 rings (SSSR count). The number of hydrogen-bond donors (Lipinski definition) is 3. The second-order valence-electron chi connectivity index (χ2n) is 14.5. The van der Waals surface area contributed by atoms with Crippen molar-refractivity contribution in [3.63, 3.8) is 0 Å². The van der Waals surface area contributed by atoms with Gasteiger partial charge in [0.05, 0.1) is 44.2 Å². The van der Waals surface area contributed by atoms with E-state index in [9.17, 15) is 28.8 Å². The Bertz CT molecular complexity index is 1510. The van der Waals surface area contributed by atoms with Crippen molar-refractivity contribution in [2.24, 2.45) is 10.6 Å². The predicted octanol–water partition coefficient (Wildman–Crippen LogP) is 2.00. The first-order valence-electron chi connectivity index (χ1n) is 17.2. The smallest absolute Gasteiger partial charge is 0.408 e. The number of oxime groups is 1. The van der Waals surface area contributed by atoms with Gasteiger partial charge in [-0.3, -0.25) is 19.2 Å². The number of esters is 1. The summed E-state index contributed by atoms with van der Waals surface area (Å²) < 4.78 is 15.6. The third-order valence-corrected chi connectivity index (χ3v) is 9.35. The Morgan fingerprint density at radius 2 is 1.78 bits per heavy atom. The van der Waals surface area contributed by atoms with Gasteiger partial charge in [0.25, 0.3) is 5.91 Å². The minimum Gasteiger partial charge on any atom is -0.465 e. The Morgan fingerprint density at radius 1 is 1.06 bits per heavy atom. The summed E-state index contributed by atoms with van der Waals surface area (Å²) in [7, 11) is 1.30. The molecule has 2 saturated heterocycles. The summed E-state index contributed by atoms with van der Waals surface area (Å²) >= 11 is 0. The summed E-state index contributed by atoms with van der Waals surface area (Å²) in [5.41, 5.74) is -0.310. The number of nitrogens with zero attached hydrogens (tertiary/aromatic N) is 2. The van der Waals surface area contributed by atoms with Crippen molar-refractivity contribution in [1.29, 1.82) is 0 Å². The normalized spacial score (nSPS) is 24.1. The van der Waals surface area contributed by atoms with Gasteiger partial charge < -0.3 is 39.9 Å². The highest BCUT2D eigenvalue weighted by Crippen LogP contribution is 2.40. The monoisotopic (exact) mass is 697 g/mol. The number of nitrogens with one attached hydrogen (secondary N) is 3. The fourth-order valence-electron chi connectivity index (χ4n) is 6.39. The van der Waals surface area contributed by atoms with Gasteiger partial charge in [0.1, 0.15) is 18.2 Å². The number of ketones is 1. The SMILES string of the molecule is CCC[C@H](NC(=O)[C@@H]1C[C@]2(CC(c3ccc(C(=O)OC)cc3)=NO2)CN1C(=O)[C@@H](NC(=O)O[C@H]1CCOC1)C(C)(C)C)C(=O)C(=O)NC1CC1. The van der Waals surface area contributed by atoms with Crippen molar-refractivity contribution in [2.75, 3.05) is 26.9 Å². The van der Waals surface area contributed by atoms with E-state index in [-0.39, 0.29) is 38.5 Å². The summed E-state index contributed by atoms with van der Waals surface area (Å²) in [5, 5.41) is 12.5. The first kappa shape index (κ1) is 36.7. The van der Waals surface area contributed by atoms with E-state index in [0.29, 0.717) is 36.3 Å². The van der Waals surface area contributed by atoms with E-state index in [0.717, 1.165) is 12.8 Å². The maximum absolute atomic E-state index is 14.5. The number of hydrogen-bond acceptors (Lipinski definition) is 11. The molecule has 1 aromatic carbocycles. The summed E-state index contributed by atoms with van der Waals surface area (Å²) in [6, 6.07) is 3.28. The van der Waals surface area contributed by atoms with Crippen molar-refractivity contribution in [3.05, 3.63) is 35.4 Å². The van der Waals surface area contributed by atoms with E-state index in [4.69, 9.17) is 19.0 Å². The highest BCUT2D eigenvalue weighted by atomic mass is 16.7. The Balaban J connectivity index is 1.38. The number of amides is 4. The molecule has 1 saturated carbocycles. The van der Waals surface area contributed by atoms with Crippen LogP contribution in [-0.2, 0) is 38.2 Å².